The Morgan fingerprint density at radius 1 is 1.29 bits per heavy atom. The fourth-order valence-electron chi connectivity index (χ4n) is 1.66. The monoisotopic (exact) mass is 302 g/mol. The molecule has 108 valence electrons. The van der Waals surface area contributed by atoms with Gasteiger partial charge >= 0.3 is 0 Å². The molecule has 5 heteroatoms. The summed E-state index contributed by atoms with van der Waals surface area (Å²) >= 11 is 6.08. The standard InChI is InChI=1S/C16H15ClN2O2/c1-12(20)19-18-10-13-5-4-7-15(9-13)21-11-14-6-2-3-8-16(14)17/h2-10H,11H2,1H3,(H,19,20)/b18-10-. The molecule has 0 fully saturated rings. The molecular weight excluding hydrogens is 288 g/mol. The summed E-state index contributed by atoms with van der Waals surface area (Å²) in [4.78, 5) is 10.7. The van der Waals surface area contributed by atoms with Crippen LogP contribution in [0.5, 0.6) is 5.75 Å². The van der Waals surface area contributed by atoms with Crippen LogP contribution >= 0.6 is 11.6 Å². The lowest BCUT2D eigenvalue weighted by Crippen LogP contribution is -2.12. The highest BCUT2D eigenvalue weighted by Crippen LogP contribution is 2.19. The van der Waals surface area contributed by atoms with Gasteiger partial charge in [-0.2, -0.15) is 5.10 Å². The summed E-state index contributed by atoms with van der Waals surface area (Å²) in [5.74, 6) is 0.499. The molecule has 0 unspecified atom stereocenters. The average Bonchev–Trinajstić information content (AvgIpc) is 2.46. The maximum Gasteiger partial charge on any atom is 0.236 e. The molecule has 0 spiro atoms. The van der Waals surface area contributed by atoms with Gasteiger partial charge in [-0.05, 0) is 23.8 Å². The Hall–Kier alpha value is -2.33. The summed E-state index contributed by atoms with van der Waals surface area (Å²) in [6.07, 6.45) is 1.56. The largest absolute Gasteiger partial charge is 0.489 e. The molecule has 0 saturated heterocycles. The molecule has 1 amide bonds. The van der Waals surface area contributed by atoms with Gasteiger partial charge in [0.15, 0.2) is 0 Å². The zero-order valence-corrected chi connectivity index (χ0v) is 12.3. The predicted molar refractivity (Wildman–Crippen MR) is 83.6 cm³/mol. The maximum absolute atomic E-state index is 10.7. The zero-order valence-electron chi connectivity index (χ0n) is 11.5. The molecule has 0 aliphatic carbocycles. The Bertz CT molecular complexity index is 656. The molecule has 0 bridgehead atoms. The van der Waals surface area contributed by atoms with Crippen molar-refractivity contribution < 1.29 is 9.53 Å². The van der Waals surface area contributed by atoms with E-state index in [2.05, 4.69) is 10.5 Å². The molecule has 21 heavy (non-hydrogen) atoms. The molecule has 0 heterocycles. The van der Waals surface area contributed by atoms with Crippen molar-refractivity contribution in [2.24, 2.45) is 5.10 Å². The zero-order chi connectivity index (χ0) is 15.1. The van der Waals surface area contributed by atoms with Gasteiger partial charge < -0.3 is 4.74 Å². The Morgan fingerprint density at radius 3 is 2.86 bits per heavy atom. The highest BCUT2D eigenvalue weighted by atomic mass is 35.5. The van der Waals surface area contributed by atoms with Crippen LogP contribution in [0.4, 0.5) is 0 Å². The van der Waals surface area contributed by atoms with Gasteiger partial charge in [0.1, 0.15) is 12.4 Å². The summed E-state index contributed by atoms with van der Waals surface area (Å²) in [6.45, 7) is 1.80. The number of hydrazone groups is 1. The van der Waals surface area contributed by atoms with Gasteiger partial charge in [-0.15, -0.1) is 0 Å². The van der Waals surface area contributed by atoms with Crippen LogP contribution in [0.2, 0.25) is 5.02 Å². The minimum Gasteiger partial charge on any atom is -0.489 e. The molecule has 0 aliphatic rings. The van der Waals surface area contributed by atoms with E-state index in [-0.39, 0.29) is 5.91 Å². The van der Waals surface area contributed by atoms with Gasteiger partial charge in [-0.1, -0.05) is 41.9 Å². The van der Waals surface area contributed by atoms with Gasteiger partial charge in [0.2, 0.25) is 5.91 Å². The summed E-state index contributed by atoms with van der Waals surface area (Å²) in [7, 11) is 0. The molecule has 2 rings (SSSR count). The van der Waals surface area contributed by atoms with E-state index in [4.69, 9.17) is 16.3 Å². The van der Waals surface area contributed by atoms with Crippen LogP contribution in [-0.2, 0) is 11.4 Å². The van der Waals surface area contributed by atoms with Crippen LogP contribution in [-0.4, -0.2) is 12.1 Å². The molecule has 0 radical (unpaired) electrons. The number of carbonyl (C=O) groups is 1. The number of nitrogens with one attached hydrogen (secondary N) is 1. The van der Waals surface area contributed by atoms with Crippen molar-refractivity contribution in [1.29, 1.82) is 0 Å². The quantitative estimate of drug-likeness (QED) is 0.680. The lowest BCUT2D eigenvalue weighted by atomic mass is 10.2. The molecular formula is C16H15ClN2O2. The molecule has 0 aliphatic heterocycles. The van der Waals surface area contributed by atoms with Crippen molar-refractivity contribution in [2.75, 3.05) is 0 Å². The second kappa shape index (κ2) is 7.45. The van der Waals surface area contributed by atoms with Crippen molar-refractivity contribution in [3.05, 3.63) is 64.7 Å². The number of nitrogens with zero attached hydrogens (tertiary/aromatic N) is 1. The van der Waals surface area contributed by atoms with Crippen molar-refractivity contribution in [3.8, 4) is 5.75 Å². The van der Waals surface area contributed by atoms with Crippen molar-refractivity contribution in [3.63, 3.8) is 0 Å². The van der Waals surface area contributed by atoms with Crippen molar-refractivity contribution in [2.45, 2.75) is 13.5 Å². The summed E-state index contributed by atoms with van der Waals surface area (Å²) in [5, 5.41) is 4.49. The lowest BCUT2D eigenvalue weighted by molar-refractivity contribution is -0.118. The van der Waals surface area contributed by atoms with Crippen LogP contribution in [0, 0.1) is 0 Å². The highest BCUT2D eigenvalue weighted by molar-refractivity contribution is 6.31. The minimum absolute atomic E-state index is 0.211. The van der Waals surface area contributed by atoms with Crippen LogP contribution in [0.3, 0.4) is 0 Å². The SMILES string of the molecule is CC(=O)N/N=C\c1cccc(OCc2ccccc2Cl)c1. The fourth-order valence-corrected chi connectivity index (χ4v) is 1.85. The number of carbonyl (C=O) groups excluding carboxylic acids is 1. The first-order valence-electron chi connectivity index (χ1n) is 6.41. The Kier molecular flexibility index (Phi) is 5.35. The van der Waals surface area contributed by atoms with Crippen LogP contribution in [0.25, 0.3) is 0 Å². The third-order valence-electron chi connectivity index (χ3n) is 2.65. The topological polar surface area (TPSA) is 50.7 Å². The van der Waals surface area contributed by atoms with E-state index in [0.29, 0.717) is 17.4 Å². The highest BCUT2D eigenvalue weighted by Gasteiger charge is 2.01. The fraction of sp³-hybridized carbons (Fsp3) is 0.125. The van der Waals surface area contributed by atoms with E-state index in [1.165, 1.54) is 6.92 Å². The molecule has 1 N–H and O–H groups in total. The van der Waals surface area contributed by atoms with Gasteiger partial charge in [-0.25, -0.2) is 5.43 Å². The van der Waals surface area contributed by atoms with Crippen LogP contribution < -0.4 is 10.2 Å². The second-order valence-electron chi connectivity index (χ2n) is 4.38. The third-order valence-corrected chi connectivity index (χ3v) is 3.01. The number of halogens is 1. The first kappa shape index (κ1) is 15.1. The van der Waals surface area contributed by atoms with Gasteiger partial charge in [0.25, 0.3) is 0 Å². The van der Waals surface area contributed by atoms with Gasteiger partial charge in [0, 0.05) is 17.5 Å². The Balaban J connectivity index is 1.99. The van der Waals surface area contributed by atoms with E-state index < -0.39 is 0 Å². The van der Waals surface area contributed by atoms with Gasteiger partial charge in [-0.3, -0.25) is 4.79 Å². The summed E-state index contributed by atoms with van der Waals surface area (Å²) in [6, 6.07) is 15.0. The number of rotatable bonds is 5. The molecule has 0 atom stereocenters. The third kappa shape index (κ3) is 4.93. The van der Waals surface area contributed by atoms with Crippen molar-refractivity contribution in [1.82, 2.24) is 5.43 Å². The maximum atomic E-state index is 10.7. The van der Waals surface area contributed by atoms with E-state index in [9.17, 15) is 4.79 Å². The normalized spacial score (nSPS) is 10.6. The first-order valence-corrected chi connectivity index (χ1v) is 6.79. The number of hydrogen-bond acceptors (Lipinski definition) is 3. The van der Waals surface area contributed by atoms with Crippen molar-refractivity contribution >= 4 is 23.7 Å². The molecule has 2 aromatic carbocycles. The minimum atomic E-state index is -0.211. The molecule has 4 nitrogen and oxygen atoms in total. The Morgan fingerprint density at radius 2 is 2.10 bits per heavy atom. The number of ether oxygens (including phenoxy) is 1. The van der Waals surface area contributed by atoms with E-state index in [0.717, 1.165) is 11.1 Å². The van der Waals surface area contributed by atoms with E-state index in [1.807, 2.05) is 48.5 Å². The predicted octanol–water partition coefficient (Wildman–Crippen LogP) is 3.39. The van der Waals surface area contributed by atoms with Crippen LogP contribution in [0.1, 0.15) is 18.1 Å². The number of amides is 1. The molecule has 0 aromatic heterocycles. The first-order chi connectivity index (χ1) is 10.1. The molecule has 2 aromatic rings. The van der Waals surface area contributed by atoms with Crippen LogP contribution in [0.15, 0.2) is 53.6 Å². The Labute approximate surface area is 128 Å². The summed E-state index contributed by atoms with van der Waals surface area (Å²) < 4.78 is 5.71. The molecule has 0 saturated carbocycles. The number of hydrogen-bond donors (Lipinski definition) is 1. The second-order valence-corrected chi connectivity index (χ2v) is 4.79. The van der Waals surface area contributed by atoms with E-state index in [1.54, 1.807) is 6.21 Å². The van der Waals surface area contributed by atoms with E-state index >= 15 is 0 Å². The number of benzene rings is 2. The smallest absolute Gasteiger partial charge is 0.236 e. The lowest BCUT2D eigenvalue weighted by Gasteiger charge is -2.08. The van der Waals surface area contributed by atoms with Gasteiger partial charge in [0.05, 0.1) is 6.21 Å². The summed E-state index contributed by atoms with van der Waals surface area (Å²) in [5.41, 5.74) is 4.11. The average molecular weight is 303 g/mol.